The van der Waals surface area contributed by atoms with Crippen molar-refractivity contribution in [1.82, 2.24) is 4.90 Å². The van der Waals surface area contributed by atoms with E-state index in [-0.39, 0.29) is 6.10 Å². The second-order valence-electron chi connectivity index (χ2n) is 3.69. The van der Waals surface area contributed by atoms with Crippen LogP contribution in [-0.2, 0) is 0 Å². The number of rotatable bonds is 0. The molecule has 2 rings (SSSR count). The first-order valence-corrected chi connectivity index (χ1v) is 5.01. The normalized spacial score (nSPS) is 24.7. The Morgan fingerprint density at radius 2 is 2.15 bits per heavy atom. The highest BCUT2D eigenvalue weighted by Crippen LogP contribution is 2.14. The van der Waals surface area contributed by atoms with Crippen LogP contribution < -0.4 is 0 Å². The highest BCUT2D eigenvalue weighted by Gasteiger charge is 2.19. The van der Waals surface area contributed by atoms with Crippen molar-refractivity contribution in [2.24, 2.45) is 4.99 Å². The average Bonchev–Trinajstić information content (AvgIpc) is 2.20. The van der Waals surface area contributed by atoms with Crippen molar-refractivity contribution in [3.05, 3.63) is 12.3 Å². The molecule has 0 saturated carbocycles. The predicted octanol–water partition coefficient (Wildman–Crippen LogP) is 1.15. The molecule has 0 atom stereocenters. The number of hydrogen-bond acceptors (Lipinski definition) is 3. The quantitative estimate of drug-likeness (QED) is 0.607. The SMILES string of the molecule is OC1CCN(C2=NC=CCC2)CC1. The number of likely N-dealkylation sites (tertiary alicyclic amines) is 1. The molecule has 1 fully saturated rings. The van der Waals surface area contributed by atoms with Crippen molar-refractivity contribution in [2.45, 2.75) is 31.8 Å². The maximum atomic E-state index is 9.34. The average molecular weight is 180 g/mol. The number of allylic oxidation sites excluding steroid dienone is 1. The fraction of sp³-hybridized carbons (Fsp3) is 0.700. The van der Waals surface area contributed by atoms with Gasteiger partial charge < -0.3 is 10.0 Å². The third-order valence-corrected chi connectivity index (χ3v) is 2.69. The number of amidine groups is 1. The number of aliphatic imine (C=N–C) groups is 1. The second kappa shape index (κ2) is 3.92. The molecule has 0 bridgehead atoms. The molecular weight excluding hydrogens is 164 g/mol. The summed E-state index contributed by atoms with van der Waals surface area (Å²) in [7, 11) is 0. The van der Waals surface area contributed by atoms with Gasteiger partial charge in [0.25, 0.3) is 0 Å². The van der Waals surface area contributed by atoms with Crippen LogP contribution in [0.1, 0.15) is 25.7 Å². The summed E-state index contributed by atoms with van der Waals surface area (Å²) in [5.41, 5.74) is 0. The lowest BCUT2D eigenvalue weighted by Crippen LogP contribution is -2.40. The van der Waals surface area contributed by atoms with E-state index in [0.29, 0.717) is 0 Å². The van der Waals surface area contributed by atoms with Gasteiger partial charge in [-0.3, -0.25) is 0 Å². The summed E-state index contributed by atoms with van der Waals surface area (Å²) in [6.45, 7) is 1.93. The van der Waals surface area contributed by atoms with Gasteiger partial charge in [-0.2, -0.15) is 0 Å². The van der Waals surface area contributed by atoms with Crippen LogP contribution >= 0.6 is 0 Å². The summed E-state index contributed by atoms with van der Waals surface area (Å²) in [6.07, 6.45) is 7.86. The largest absolute Gasteiger partial charge is 0.393 e. The molecule has 0 aromatic rings. The number of piperidine rings is 1. The molecule has 2 aliphatic rings. The Morgan fingerprint density at radius 1 is 1.38 bits per heavy atom. The molecule has 72 valence electrons. The molecule has 3 heteroatoms. The first kappa shape index (κ1) is 8.75. The highest BCUT2D eigenvalue weighted by molar-refractivity contribution is 5.83. The van der Waals surface area contributed by atoms with E-state index in [4.69, 9.17) is 0 Å². The fourth-order valence-electron chi connectivity index (χ4n) is 1.85. The minimum absolute atomic E-state index is 0.0871. The molecule has 3 nitrogen and oxygen atoms in total. The second-order valence-corrected chi connectivity index (χ2v) is 3.69. The van der Waals surface area contributed by atoms with Gasteiger partial charge in [-0.25, -0.2) is 4.99 Å². The molecule has 0 unspecified atom stereocenters. The van der Waals surface area contributed by atoms with Crippen molar-refractivity contribution in [1.29, 1.82) is 0 Å². The van der Waals surface area contributed by atoms with Gasteiger partial charge in [0.1, 0.15) is 5.84 Å². The van der Waals surface area contributed by atoms with Crippen LogP contribution in [0.25, 0.3) is 0 Å². The molecule has 0 radical (unpaired) electrons. The van der Waals surface area contributed by atoms with Gasteiger partial charge in [0.2, 0.25) is 0 Å². The lowest BCUT2D eigenvalue weighted by molar-refractivity contribution is 0.108. The Balaban J connectivity index is 1.93. The molecule has 1 N–H and O–H groups in total. The van der Waals surface area contributed by atoms with Crippen LogP contribution in [0.5, 0.6) is 0 Å². The molecule has 0 spiro atoms. The first-order chi connectivity index (χ1) is 6.36. The Bertz CT molecular complexity index is 227. The smallest absolute Gasteiger partial charge is 0.104 e. The van der Waals surface area contributed by atoms with Crippen molar-refractivity contribution in [3.63, 3.8) is 0 Å². The third kappa shape index (κ3) is 2.10. The molecule has 2 aliphatic heterocycles. The third-order valence-electron chi connectivity index (χ3n) is 2.69. The zero-order valence-corrected chi connectivity index (χ0v) is 7.82. The minimum Gasteiger partial charge on any atom is -0.393 e. The minimum atomic E-state index is -0.0871. The Morgan fingerprint density at radius 3 is 2.77 bits per heavy atom. The summed E-state index contributed by atoms with van der Waals surface area (Å²) in [5.74, 6) is 1.20. The summed E-state index contributed by atoms with van der Waals surface area (Å²) in [5, 5.41) is 9.34. The van der Waals surface area contributed by atoms with Crippen LogP contribution in [0.4, 0.5) is 0 Å². The first-order valence-electron chi connectivity index (χ1n) is 5.01. The zero-order chi connectivity index (χ0) is 9.10. The van der Waals surface area contributed by atoms with Crippen LogP contribution in [0.2, 0.25) is 0 Å². The number of aliphatic hydroxyl groups is 1. The van der Waals surface area contributed by atoms with Gasteiger partial charge in [0.15, 0.2) is 0 Å². The van der Waals surface area contributed by atoms with Crippen LogP contribution in [0.15, 0.2) is 17.3 Å². The highest BCUT2D eigenvalue weighted by atomic mass is 16.3. The van der Waals surface area contributed by atoms with E-state index in [1.165, 1.54) is 5.84 Å². The van der Waals surface area contributed by atoms with E-state index in [0.717, 1.165) is 38.8 Å². The monoisotopic (exact) mass is 180 g/mol. The summed E-state index contributed by atoms with van der Waals surface area (Å²) >= 11 is 0. The van der Waals surface area contributed by atoms with Crippen molar-refractivity contribution in [3.8, 4) is 0 Å². The number of nitrogens with zero attached hydrogens (tertiary/aromatic N) is 2. The topological polar surface area (TPSA) is 35.8 Å². The maximum absolute atomic E-state index is 9.34. The Kier molecular flexibility index (Phi) is 2.64. The van der Waals surface area contributed by atoms with Crippen LogP contribution in [0.3, 0.4) is 0 Å². The van der Waals surface area contributed by atoms with Gasteiger partial charge in [-0.15, -0.1) is 0 Å². The Hall–Kier alpha value is -0.830. The van der Waals surface area contributed by atoms with Crippen LogP contribution in [-0.4, -0.2) is 35.0 Å². The molecule has 1 saturated heterocycles. The molecule has 2 heterocycles. The molecular formula is C10H16N2O. The zero-order valence-electron chi connectivity index (χ0n) is 7.82. The number of hydrogen-bond donors (Lipinski definition) is 1. The molecule has 0 aromatic carbocycles. The van der Waals surface area contributed by atoms with E-state index in [9.17, 15) is 5.11 Å². The summed E-state index contributed by atoms with van der Waals surface area (Å²) in [6, 6.07) is 0. The molecule has 0 amide bonds. The maximum Gasteiger partial charge on any atom is 0.104 e. The van der Waals surface area contributed by atoms with Gasteiger partial charge in [0, 0.05) is 25.7 Å². The van der Waals surface area contributed by atoms with E-state index in [1.807, 2.05) is 6.20 Å². The van der Waals surface area contributed by atoms with Crippen molar-refractivity contribution < 1.29 is 5.11 Å². The molecule has 0 aliphatic carbocycles. The van der Waals surface area contributed by atoms with Gasteiger partial charge >= 0.3 is 0 Å². The van der Waals surface area contributed by atoms with E-state index in [1.54, 1.807) is 0 Å². The Labute approximate surface area is 78.8 Å². The summed E-state index contributed by atoms with van der Waals surface area (Å²) < 4.78 is 0. The van der Waals surface area contributed by atoms with Gasteiger partial charge in [-0.1, -0.05) is 6.08 Å². The predicted molar refractivity (Wildman–Crippen MR) is 52.6 cm³/mol. The number of aliphatic hydroxyl groups excluding tert-OH is 1. The molecule has 13 heavy (non-hydrogen) atoms. The summed E-state index contributed by atoms with van der Waals surface area (Å²) in [4.78, 5) is 6.66. The van der Waals surface area contributed by atoms with Crippen LogP contribution in [0, 0.1) is 0 Å². The van der Waals surface area contributed by atoms with E-state index in [2.05, 4.69) is 16.0 Å². The lowest BCUT2D eigenvalue weighted by atomic mass is 10.1. The lowest BCUT2D eigenvalue weighted by Gasteiger charge is -2.32. The van der Waals surface area contributed by atoms with Gasteiger partial charge in [0.05, 0.1) is 6.10 Å². The standard InChI is InChI=1S/C10H16N2O/c13-9-4-7-12(8-5-9)10-3-1-2-6-11-10/h2,6,9,13H,1,3-5,7-8H2. The van der Waals surface area contributed by atoms with E-state index < -0.39 is 0 Å². The van der Waals surface area contributed by atoms with Crippen molar-refractivity contribution in [2.75, 3.05) is 13.1 Å². The molecule has 0 aromatic heterocycles. The van der Waals surface area contributed by atoms with E-state index >= 15 is 0 Å². The van der Waals surface area contributed by atoms with Crippen molar-refractivity contribution >= 4 is 5.84 Å². The fourth-order valence-corrected chi connectivity index (χ4v) is 1.85. The van der Waals surface area contributed by atoms with Gasteiger partial charge in [-0.05, 0) is 19.3 Å².